The number of hydrogen-bond acceptors (Lipinski definition) is 2. The molecule has 5 rings (SSSR count). The summed E-state index contributed by atoms with van der Waals surface area (Å²) in [7, 11) is 2.22. The predicted molar refractivity (Wildman–Crippen MR) is 122 cm³/mol. The Morgan fingerprint density at radius 3 is 2.36 bits per heavy atom. The van der Waals surface area contributed by atoms with E-state index < -0.39 is 0 Å². The molecule has 2 heterocycles. The summed E-state index contributed by atoms with van der Waals surface area (Å²) in [6.45, 7) is 6.74. The summed E-state index contributed by atoms with van der Waals surface area (Å²) in [5, 5.41) is 2.84. The van der Waals surface area contributed by atoms with Gasteiger partial charge < -0.3 is 0 Å². The van der Waals surface area contributed by atoms with Crippen molar-refractivity contribution in [1.29, 1.82) is 0 Å². The molecule has 0 saturated carbocycles. The zero-order chi connectivity index (χ0) is 19.4. The molecule has 0 amide bonds. The Hall–Kier alpha value is -2.48. The number of anilines is 1. The van der Waals surface area contributed by atoms with Gasteiger partial charge in [-0.25, -0.2) is 0 Å². The van der Waals surface area contributed by atoms with Gasteiger partial charge in [-0.15, -0.1) is 0 Å². The summed E-state index contributed by atoms with van der Waals surface area (Å²) in [5.41, 5.74) is 6.57. The molecule has 2 nitrogen and oxygen atoms in total. The van der Waals surface area contributed by atoms with Crippen molar-refractivity contribution in [3.63, 3.8) is 0 Å². The Balaban J connectivity index is 1.69. The molecule has 0 saturated heterocycles. The van der Waals surface area contributed by atoms with Crippen LogP contribution in [0.15, 0.2) is 72.4 Å². The van der Waals surface area contributed by atoms with Crippen LogP contribution < -0.4 is 4.90 Å². The van der Waals surface area contributed by atoms with E-state index in [9.17, 15) is 0 Å². The normalized spacial score (nSPS) is 17.4. The molecule has 4 aromatic rings. The molecule has 28 heavy (non-hydrogen) atoms. The number of rotatable bonds is 2. The van der Waals surface area contributed by atoms with E-state index in [0.717, 1.165) is 0 Å². The first kappa shape index (κ1) is 17.6. The van der Waals surface area contributed by atoms with Crippen molar-refractivity contribution in [3.8, 4) is 0 Å². The van der Waals surface area contributed by atoms with Crippen molar-refractivity contribution in [2.75, 3.05) is 11.9 Å². The fourth-order valence-corrected chi connectivity index (χ4v) is 6.79. The zero-order valence-electron chi connectivity index (χ0n) is 16.7. The Labute approximate surface area is 172 Å². The number of nitrogens with zero attached hydrogens (tertiary/aromatic N) is 2. The first-order valence-electron chi connectivity index (χ1n) is 9.76. The quantitative estimate of drug-likeness (QED) is 0.368. The monoisotopic (exact) mass is 432 g/mol. The molecule has 0 aliphatic carbocycles. The van der Waals surface area contributed by atoms with Gasteiger partial charge in [-0.05, 0) is 0 Å². The van der Waals surface area contributed by atoms with Crippen LogP contribution in [0.5, 0.6) is 0 Å². The van der Waals surface area contributed by atoms with Crippen molar-refractivity contribution in [3.05, 3.63) is 83.6 Å². The molecular weight excluding hydrogens is 407 g/mol. The van der Waals surface area contributed by atoms with Gasteiger partial charge in [0.2, 0.25) is 0 Å². The first-order valence-corrected chi connectivity index (χ1v) is 11.5. The molecule has 3 aromatic carbocycles. The summed E-state index contributed by atoms with van der Waals surface area (Å²) in [4.78, 5) is 4.88. The SMILES string of the molecule is CC1=C(c2ccc3[se]c4ccccc4c3c2)N(C)C(C)N1c1ccccc1C. The number of aryl methyl sites for hydroxylation is 1. The van der Waals surface area contributed by atoms with Crippen LogP contribution in [0.4, 0.5) is 5.69 Å². The third kappa shape index (κ3) is 2.54. The van der Waals surface area contributed by atoms with Crippen LogP contribution in [0.3, 0.4) is 0 Å². The van der Waals surface area contributed by atoms with Crippen LogP contribution in [0, 0.1) is 6.92 Å². The maximum absolute atomic E-state index is 2.47. The van der Waals surface area contributed by atoms with Crippen LogP contribution in [0.25, 0.3) is 25.0 Å². The molecule has 1 aliphatic rings. The van der Waals surface area contributed by atoms with Gasteiger partial charge in [0, 0.05) is 0 Å². The Bertz CT molecular complexity index is 1230. The molecule has 0 fully saturated rings. The fourth-order valence-electron chi connectivity index (χ4n) is 4.51. The van der Waals surface area contributed by atoms with Crippen molar-refractivity contribution in [2.24, 2.45) is 0 Å². The molecule has 1 aliphatic heterocycles. The van der Waals surface area contributed by atoms with Crippen molar-refractivity contribution < 1.29 is 0 Å². The Morgan fingerprint density at radius 2 is 1.54 bits per heavy atom. The van der Waals surface area contributed by atoms with Gasteiger partial charge in [0.25, 0.3) is 0 Å². The minimum absolute atomic E-state index is 0.292. The van der Waals surface area contributed by atoms with Crippen molar-refractivity contribution in [2.45, 2.75) is 26.9 Å². The van der Waals surface area contributed by atoms with Crippen LogP contribution in [0.1, 0.15) is 25.0 Å². The molecular formula is C25H24N2Se. The second kappa shape index (κ2) is 6.55. The minimum atomic E-state index is 0.292. The summed E-state index contributed by atoms with van der Waals surface area (Å²) in [5.74, 6) is 0. The van der Waals surface area contributed by atoms with Crippen molar-refractivity contribution in [1.82, 2.24) is 4.90 Å². The van der Waals surface area contributed by atoms with Crippen molar-refractivity contribution >= 4 is 45.2 Å². The average molecular weight is 431 g/mol. The van der Waals surface area contributed by atoms with E-state index in [-0.39, 0.29) is 0 Å². The number of hydrogen-bond donors (Lipinski definition) is 0. The predicted octanol–water partition coefficient (Wildman–Crippen LogP) is 5.84. The molecule has 0 radical (unpaired) electrons. The van der Waals surface area contributed by atoms with Gasteiger partial charge in [0.1, 0.15) is 0 Å². The second-order valence-electron chi connectivity index (χ2n) is 7.64. The van der Waals surface area contributed by atoms with E-state index in [1.807, 2.05) is 0 Å². The molecule has 140 valence electrons. The van der Waals surface area contributed by atoms with Gasteiger partial charge in [-0.2, -0.15) is 0 Å². The molecule has 0 bridgehead atoms. The molecule has 3 heteroatoms. The molecule has 1 aromatic heterocycles. The van der Waals surface area contributed by atoms with Gasteiger partial charge in [-0.3, -0.25) is 0 Å². The summed E-state index contributed by atoms with van der Waals surface area (Å²) in [6.07, 6.45) is 0.292. The first-order chi connectivity index (χ1) is 13.6. The second-order valence-corrected chi connectivity index (χ2v) is 9.92. The molecule has 0 N–H and O–H groups in total. The standard InChI is InChI=1S/C25H24N2Se/c1-16-9-5-7-11-22(16)27-17(2)25(26(4)18(27)3)19-13-14-24-21(15-19)20-10-6-8-12-23(20)28-24/h5-15,18H,1-4H3. The van der Waals surface area contributed by atoms with Gasteiger partial charge in [0.05, 0.1) is 0 Å². The average Bonchev–Trinajstić information content (AvgIpc) is 3.17. The van der Waals surface area contributed by atoms with E-state index in [1.54, 1.807) is 0 Å². The van der Waals surface area contributed by atoms with Gasteiger partial charge in [-0.1, -0.05) is 0 Å². The number of allylic oxidation sites excluding steroid dienone is 1. The Morgan fingerprint density at radius 1 is 0.821 bits per heavy atom. The van der Waals surface area contributed by atoms with Crippen LogP contribution in [-0.4, -0.2) is 32.6 Å². The van der Waals surface area contributed by atoms with E-state index in [0.29, 0.717) is 20.7 Å². The molecule has 0 spiro atoms. The van der Waals surface area contributed by atoms with E-state index >= 15 is 0 Å². The summed E-state index contributed by atoms with van der Waals surface area (Å²) < 4.78 is 3.00. The number of benzene rings is 3. The topological polar surface area (TPSA) is 6.48 Å². The number of fused-ring (bicyclic) bond motifs is 3. The van der Waals surface area contributed by atoms with Gasteiger partial charge in [0.15, 0.2) is 0 Å². The fraction of sp³-hybridized carbons (Fsp3) is 0.200. The third-order valence-corrected chi connectivity index (χ3v) is 8.43. The summed E-state index contributed by atoms with van der Waals surface area (Å²) >= 11 is 0.427. The summed E-state index contributed by atoms with van der Waals surface area (Å²) in [6, 6.07) is 24.6. The zero-order valence-corrected chi connectivity index (χ0v) is 18.4. The molecule has 1 unspecified atom stereocenters. The van der Waals surface area contributed by atoms with E-state index in [4.69, 9.17) is 0 Å². The maximum atomic E-state index is 2.47. The van der Waals surface area contributed by atoms with Gasteiger partial charge >= 0.3 is 173 Å². The molecule has 1 atom stereocenters. The van der Waals surface area contributed by atoms with E-state index in [1.165, 1.54) is 47.5 Å². The van der Waals surface area contributed by atoms with Crippen LogP contribution in [0.2, 0.25) is 0 Å². The van der Waals surface area contributed by atoms with E-state index in [2.05, 4.69) is 104 Å². The Kier molecular flexibility index (Phi) is 4.12. The van der Waals surface area contributed by atoms with Crippen LogP contribution in [-0.2, 0) is 0 Å². The van der Waals surface area contributed by atoms with Crippen LogP contribution >= 0.6 is 0 Å². The third-order valence-electron chi connectivity index (χ3n) is 6.02. The number of para-hydroxylation sites is 1.